The summed E-state index contributed by atoms with van der Waals surface area (Å²) in [4.78, 5) is 12.1. The molecule has 1 N–H and O–H groups in total. The van der Waals surface area contributed by atoms with Gasteiger partial charge >= 0.3 is 6.18 Å². The van der Waals surface area contributed by atoms with Gasteiger partial charge in [-0.05, 0) is 43.2 Å². The van der Waals surface area contributed by atoms with Gasteiger partial charge < -0.3 is 5.32 Å². The molecule has 5 heteroatoms. The Labute approximate surface area is 127 Å². The van der Waals surface area contributed by atoms with Gasteiger partial charge in [0.25, 0.3) is 5.91 Å². The van der Waals surface area contributed by atoms with Crippen molar-refractivity contribution in [1.82, 2.24) is 5.32 Å². The van der Waals surface area contributed by atoms with Crippen LogP contribution in [-0.4, -0.2) is 5.91 Å². The van der Waals surface area contributed by atoms with E-state index in [1.54, 1.807) is 6.07 Å². The zero-order valence-electron chi connectivity index (χ0n) is 12.3. The van der Waals surface area contributed by atoms with Gasteiger partial charge in [-0.2, -0.15) is 13.2 Å². The normalized spacial score (nSPS) is 11.3. The molecule has 0 atom stereocenters. The lowest BCUT2D eigenvalue weighted by Crippen LogP contribution is -2.23. The highest BCUT2D eigenvalue weighted by atomic mass is 19.4. The molecule has 116 valence electrons. The lowest BCUT2D eigenvalue weighted by Gasteiger charge is -2.10. The molecule has 0 saturated carbocycles. The highest BCUT2D eigenvalue weighted by molar-refractivity contribution is 5.95. The summed E-state index contributed by atoms with van der Waals surface area (Å²) in [7, 11) is 0. The lowest BCUT2D eigenvalue weighted by molar-refractivity contribution is -0.137. The van der Waals surface area contributed by atoms with Crippen LogP contribution in [-0.2, 0) is 12.7 Å². The number of carbonyl (C=O) groups is 1. The van der Waals surface area contributed by atoms with Crippen molar-refractivity contribution in [1.29, 1.82) is 0 Å². The van der Waals surface area contributed by atoms with E-state index in [9.17, 15) is 18.0 Å². The molecule has 0 bridgehead atoms. The van der Waals surface area contributed by atoms with E-state index in [0.29, 0.717) is 11.1 Å². The van der Waals surface area contributed by atoms with E-state index in [0.717, 1.165) is 23.3 Å². The number of hydrogen-bond acceptors (Lipinski definition) is 1. The molecule has 2 aromatic carbocycles. The topological polar surface area (TPSA) is 29.1 Å². The summed E-state index contributed by atoms with van der Waals surface area (Å²) < 4.78 is 37.4. The Hall–Kier alpha value is -2.30. The van der Waals surface area contributed by atoms with Crippen LogP contribution < -0.4 is 5.32 Å². The van der Waals surface area contributed by atoms with Crippen molar-refractivity contribution in [3.63, 3.8) is 0 Å². The molecule has 22 heavy (non-hydrogen) atoms. The van der Waals surface area contributed by atoms with Crippen LogP contribution in [0, 0.1) is 13.8 Å². The third-order valence-electron chi connectivity index (χ3n) is 3.36. The fraction of sp³-hybridized carbons (Fsp3) is 0.235. The monoisotopic (exact) mass is 307 g/mol. The number of alkyl halides is 3. The predicted molar refractivity (Wildman–Crippen MR) is 78.5 cm³/mol. The van der Waals surface area contributed by atoms with Crippen LogP contribution in [0.5, 0.6) is 0 Å². The van der Waals surface area contributed by atoms with Crippen LogP contribution in [0.3, 0.4) is 0 Å². The molecule has 0 aliphatic rings. The summed E-state index contributed by atoms with van der Waals surface area (Å²) in [6.07, 6.45) is -4.35. The summed E-state index contributed by atoms with van der Waals surface area (Å²) in [6.45, 7) is 3.97. The van der Waals surface area contributed by atoms with E-state index in [1.165, 1.54) is 12.1 Å². The second kappa shape index (κ2) is 6.22. The van der Waals surface area contributed by atoms with Crippen molar-refractivity contribution in [3.05, 3.63) is 70.3 Å². The molecule has 2 nitrogen and oxygen atoms in total. The molecule has 0 radical (unpaired) electrons. The first-order valence-electron chi connectivity index (χ1n) is 6.79. The predicted octanol–water partition coefficient (Wildman–Crippen LogP) is 4.25. The van der Waals surface area contributed by atoms with Crippen LogP contribution in [0.1, 0.15) is 32.6 Å². The van der Waals surface area contributed by atoms with Crippen LogP contribution >= 0.6 is 0 Å². The third-order valence-corrected chi connectivity index (χ3v) is 3.36. The molecule has 0 spiro atoms. The number of rotatable bonds is 3. The summed E-state index contributed by atoms with van der Waals surface area (Å²) in [5, 5.41) is 2.71. The van der Waals surface area contributed by atoms with E-state index in [4.69, 9.17) is 0 Å². The minimum atomic E-state index is -4.35. The largest absolute Gasteiger partial charge is 0.416 e. The Bertz CT molecular complexity index is 675. The second-order valence-corrected chi connectivity index (χ2v) is 5.20. The first-order valence-corrected chi connectivity index (χ1v) is 6.79. The van der Waals surface area contributed by atoms with Gasteiger partial charge in [0.05, 0.1) is 5.56 Å². The third kappa shape index (κ3) is 3.87. The maximum absolute atomic E-state index is 12.5. The van der Waals surface area contributed by atoms with Gasteiger partial charge in [0.2, 0.25) is 0 Å². The Kier molecular flexibility index (Phi) is 4.54. The van der Waals surface area contributed by atoms with Gasteiger partial charge in [0.1, 0.15) is 0 Å². The van der Waals surface area contributed by atoms with Gasteiger partial charge in [-0.15, -0.1) is 0 Å². The summed E-state index contributed by atoms with van der Waals surface area (Å²) in [5.41, 5.74) is 2.42. The second-order valence-electron chi connectivity index (χ2n) is 5.20. The molecule has 0 aliphatic heterocycles. The van der Waals surface area contributed by atoms with E-state index in [1.807, 2.05) is 26.0 Å². The van der Waals surface area contributed by atoms with Crippen molar-refractivity contribution >= 4 is 5.91 Å². The van der Waals surface area contributed by atoms with E-state index < -0.39 is 11.7 Å². The van der Waals surface area contributed by atoms with Crippen molar-refractivity contribution in [2.75, 3.05) is 0 Å². The van der Waals surface area contributed by atoms with Gasteiger partial charge in [0, 0.05) is 12.1 Å². The van der Waals surface area contributed by atoms with Gasteiger partial charge in [-0.3, -0.25) is 4.79 Å². The molecule has 0 aliphatic carbocycles. The number of hydrogen-bond donors (Lipinski definition) is 1. The van der Waals surface area contributed by atoms with Crippen LogP contribution in [0.4, 0.5) is 13.2 Å². The molecule has 0 unspecified atom stereocenters. The van der Waals surface area contributed by atoms with Crippen LogP contribution in [0.15, 0.2) is 42.5 Å². The smallest absolute Gasteiger partial charge is 0.348 e. The standard InChI is InChI=1S/C17H16F3NO/c1-11-3-8-15(12(2)9-11)16(22)21-10-13-4-6-14(7-5-13)17(18,19)20/h3-9H,10H2,1-2H3,(H,21,22). The van der Waals surface area contributed by atoms with Crippen molar-refractivity contribution in [3.8, 4) is 0 Å². The zero-order valence-corrected chi connectivity index (χ0v) is 12.3. The summed E-state index contributed by atoms with van der Waals surface area (Å²) in [6, 6.07) is 10.3. The molecule has 2 rings (SSSR count). The molecule has 1 amide bonds. The Morgan fingerprint density at radius 2 is 1.68 bits per heavy atom. The fourth-order valence-electron chi connectivity index (χ4n) is 2.16. The number of aryl methyl sites for hydroxylation is 2. The molecule has 0 fully saturated rings. The molecule has 0 heterocycles. The lowest BCUT2D eigenvalue weighted by atomic mass is 10.1. The number of benzene rings is 2. The maximum Gasteiger partial charge on any atom is 0.416 e. The number of carbonyl (C=O) groups excluding carboxylic acids is 1. The minimum Gasteiger partial charge on any atom is -0.348 e. The average molecular weight is 307 g/mol. The first-order chi connectivity index (χ1) is 10.3. The minimum absolute atomic E-state index is 0.185. The Morgan fingerprint density at radius 1 is 1.05 bits per heavy atom. The van der Waals surface area contributed by atoms with Gasteiger partial charge in [-0.1, -0.05) is 29.8 Å². The van der Waals surface area contributed by atoms with Crippen molar-refractivity contribution in [2.45, 2.75) is 26.6 Å². The highest BCUT2D eigenvalue weighted by Crippen LogP contribution is 2.29. The highest BCUT2D eigenvalue weighted by Gasteiger charge is 2.29. The number of amides is 1. The molecular formula is C17H16F3NO. The first kappa shape index (κ1) is 16.1. The quantitative estimate of drug-likeness (QED) is 0.902. The number of nitrogens with one attached hydrogen (secondary N) is 1. The Balaban J connectivity index is 2.02. The van der Waals surface area contributed by atoms with E-state index in [2.05, 4.69) is 5.32 Å². The zero-order chi connectivity index (χ0) is 16.3. The fourth-order valence-corrected chi connectivity index (χ4v) is 2.16. The van der Waals surface area contributed by atoms with Crippen molar-refractivity contribution in [2.24, 2.45) is 0 Å². The SMILES string of the molecule is Cc1ccc(C(=O)NCc2ccc(C(F)(F)F)cc2)c(C)c1. The van der Waals surface area contributed by atoms with E-state index >= 15 is 0 Å². The van der Waals surface area contributed by atoms with Gasteiger partial charge in [-0.25, -0.2) is 0 Å². The van der Waals surface area contributed by atoms with Gasteiger partial charge in [0.15, 0.2) is 0 Å². The Morgan fingerprint density at radius 3 is 2.23 bits per heavy atom. The maximum atomic E-state index is 12.5. The molecular weight excluding hydrogens is 291 g/mol. The molecule has 0 aromatic heterocycles. The summed E-state index contributed by atoms with van der Waals surface area (Å²) >= 11 is 0. The average Bonchev–Trinajstić information content (AvgIpc) is 2.44. The van der Waals surface area contributed by atoms with Crippen LogP contribution in [0.25, 0.3) is 0 Å². The summed E-state index contributed by atoms with van der Waals surface area (Å²) in [5.74, 6) is -0.239. The number of halogens is 3. The van der Waals surface area contributed by atoms with Crippen molar-refractivity contribution < 1.29 is 18.0 Å². The van der Waals surface area contributed by atoms with Crippen LogP contribution in [0.2, 0.25) is 0 Å². The molecule has 0 saturated heterocycles. The van der Waals surface area contributed by atoms with E-state index in [-0.39, 0.29) is 12.5 Å². The molecule has 2 aromatic rings.